The summed E-state index contributed by atoms with van der Waals surface area (Å²) in [6.07, 6.45) is 6.15. The first-order valence-corrected chi connectivity index (χ1v) is 5.19. The minimum atomic E-state index is 0.120. The lowest BCUT2D eigenvalue weighted by molar-refractivity contribution is -0.120. The first kappa shape index (κ1) is 9.90. The minimum absolute atomic E-state index is 0.120. The van der Waals surface area contributed by atoms with E-state index in [9.17, 15) is 4.79 Å². The summed E-state index contributed by atoms with van der Waals surface area (Å²) in [5.74, 6) is 0.120. The van der Waals surface area contributed by atoms with Crippen molar-refractivity contribution in [2.45, 2.75) is 19.3 Å². The molecule has 1 aromatic heterocycles. The normalized spacial score (nSPS) is 16.5. The van der Waals surface area contributed by atoms with E-state index in [4.69, 9.17) is 0 Å². The number of hydrogen-bond acceptors (Lipinski definition) is 2. The number of nitrogens with one attached hydrogen (secondary N) is 1. The van der Waals surface area contributed by atoms with E-state index in [1.54, 1.807) is 6.20 Å². The highest BCUT2D eigenvalue weighted by Crippen LogP contribution is 2.12. The lowest BCUT2D eigenvalue weighted by atomic mass is 10.1. The maximum atomic E-state index is 11.3. The van der Waals surface area contributed by atoms with Crippen molar-refractivity contribution in [3.8, 4) is 0 Å². The largest absolute Gasteiger partial charge is 0.356 e. The Kier molecular flexibility index (Phi) is 3.12. The van der Waals surface area contributed by atoms with Gasteiger partial charge in [-0.05, 0) is 18.6 Å². The van der Waals surface area contributed by atoms with Gasteiger partial charge in [-0.25, -0.2) is 0 Å². The second-order valence-corrected chi connectivity index (χ2v) is 3.68. The van der Waals surface area contributed by atoms with Crippen molar-refractivity contribution in [1.29, 1.82) is 0 Å². The topological polar surface area (TPSA) is 42.0 Å². The van der Waals surface area contributed by atoms with Gasteiger partial charge in [-0.2, -0.15) is 0 Å². The van der Waals surface area contributed by atoms with Crippen LogP contribution in [-0.4, -0.2) is 17.4 Å². The van der Waals surface area contributed by atoms with Gasteiger partial charge in [0.1, 0.15) is 0 Å². The van der Waals surface area contributed by atoms with E-state index >= 15 is 0 Å². The summed E-state index contributed by atoms with van der Waals surface area (Å²) in [4.78, 5) is 15.6. The first-order chi connectivity index (χ1) is 7.34. The lowest BCUT2D eigenvalue weighted by Gasteiger charge is -2.03. The number of carbonyl (C=O) groups is 1. The Bertz CT molecular complexity index is 370. The molecule has 0 saturated carbocycles. The van der Waals surface area contributed by atoms with Crippen LogP contribution in [0.3, 0.4) is 0 Å². The van der Waals surface area contributed by atoms with Gasteiger partial charge in [-0.1, -0.05) is 17.7 Å². The molecule has 1 aliphatic heterocycles. The molecule has 0 radical (unpaired) electrons. The number of pyridine rings is 1. The van der Waals surface area contributed by atoms with Gasteiger partial charge in [0, 0.05) is 31.3 Å². The van der Waals surface area contributed by atoms with Crippen LogP contribution in [0.4, 0.5) is 0 Å². The third kappa shape index (κ3) is 2.91. The summed E-state index contributed by atoms with van der Waals surface area (Å²) in [6, 6.07) is 5.86. The SMILES string of the molecule is O=C1CC(Cc2ccccn2)=CCCN1. The standard InChI is InChI=1S/C12H14N2O/c15-12-9-10(4-3-7-14-12)8-11-5-1-2-6-13-11/h1-2,4-6H,3,7-9H2,(H,14,15). The van der Waals surface area contributed by atoms with Crippen LogP contribution in [-0.2, 0) is 11.2 Å². The molecule has 0 saturated heterocycles. The Morgan fingerprint density at radius 3 is 3.13 bits per heavy atom. The molecule has 1 aromatic rings. The first-order valence-electron chi connectivity index (χ1n) is 5.19. The van der Waals surface area contributed by atoms with Crippen LogP contribution in [0.5, 0.6) is 0 Å². The van der Waals surface area contributed by atoms with Crippen LogP contribution in [0.2, 0.25) is 0 Å². The molecule has 0 bridgehead atoms. The Morgan fingerprint density at radius 1 is 1.40 bits per heavy atom. The number of aromatic nitrogens is 1. The van der Waals surface area contributed by atoms with Gasteiger partial charge in [-0.3, -0.25) is 9.78 Å². The van der Waals surface area contributed by atoms with Crippen molar-refractivity contribution in [3.63, 3.8) is 0 Å². The molecule has 15 heavy (non-hydrogen) atoms. The van der Waals surface area contributed by atoms with E-state index < -0.39 is 0 Å². The predicted molar refractivity (Wildman–Crippen MR) is 58.3 cm³/mol. The summed E-state index contributed by atoms with van der Waals surface area (Å²) in [6.45, 7) is 0.755. The van der Waals surface area contributed by atoms with Crippen molar-refractivity contribution in [2.75, 3.05) is 6.54 Å². The van der Waals surface area contributed by atoms with Gasteiger partial charge in [-0.15, -0.1) is 0 Å². The molecular weight excluding hydrogens is 188 g/mol. The average molecular weight is 202 g/mol. The van der Waals surface area contributed by atoms with Crippen molar-refractivity contribution in [3.05, 3.63) is 41.7 Å². The fourth-order valence-electron chi connectivity index (χ4n) is 1.70. The molecule has 3 nitrogen and oxygen atoms in total. The third-order valence-corrected chi connectivity index (χ3v) is 2.42. The van der Waals surface area contributed by atoms with Gasteiger partial charge >= 0.3 is 0 Å². The summed E-state index contributed by atoms with van der Waals surface area (Å²) in [7, 11) is 0. The Balaban J connectivity index is 2.05. The van der Waals surface area contributed by atoms with E-state index in [-0.39, 0.29) is 5.91 Å². The highest BCUT2D eigenvalue weighted by atomic mass is 16.1. The minimum Gasteiger partial charge on any atom is -0.356 e. The smallest absolute Gasteiger partial charge is 0.224 e. The molecule has 0 atom stereocenters. The molecule has 0 unspecified atom stereocenters. The second kappa shape index (κ2) is 4.73. The maximum Gasteiger partial charge on any atom is 0.224 e. The van der Waals surface area contributed by atoms with Crippen molar-refractivity contribution in [1.82, 2.24) is 10.3 Å². The summed E-state index contributed by atoms with van der Waals surface area (Å²) in [5.41, 5.74) is 2.20. The fourth-order valence-corrected chi connectivity index (χ4v) is 1.70. The average Bonchev–Trinajstić information content (AvgIpc) is 2.44. The number of amides is 1. The molecule has 2 heterocycles. The van der Waals surface area contributed by atoms with Gasteiger partial charge in [0.2, 0.25) is 5.91 Å². The van der Waals surface area contributed by atoms with Crippen LogP contribution >= 0.6 is 0 Å². The van der Waals surface area contributed by atoms with Gasteiger partial charge in [0.05, 0.1) is 0 Å². The fraction of sp³-hybridized carbons (Fsp3) is 0.333. The molecule has 0 spiro atoms. The number of rotatable bonds is 2. The summed E-state index contributed by atoms with van der Waals surface area (Å²) < 4.78 is 0. The zero-order valence-electron chi connectivity index (χ0n) is 8.57. The maximum absolute atomic E-state index is 11.3. The monoisotopic (exact) mass is 202 g/mol. The number of hydrogen-bond donors (Lipinski definition) is 1. The highest BCUT2D eigenvalue weighted by molar-refractivity contribution is 5.79. The molecule has 1 aliphatic rings. The summed E-state index contributed by atoms with van der Waals surface area (Å²) >= 11 is 0. The van der Waals surface area contributed by atoms with Gasteiger partial charge in [0.25, 0.3) is 0 Å². The van der Waals surface area contributed by atoms with Crippen LogP contribution < -0.4 is 5.32 Å². The zero-order chi connectivity index (χ0) is 10.5. The zero-order valence-corrected chi connectivity index (χ0v) is 8.57. The van der Waals surface area contributed by atoms with Crippen LogP contribution in [0.1, 0.15) is 18.5 Å². The Morgan fingerprint density at radius 2 is 2.33 bits per heavy atom. The molecule has 1 N–H and O–H groups in total. The van der Waals surface area contributed by atoms with E-state index in [2.05, 4.69) is 16.4 Å². The van der Waals surface area contributed by atoms with Crippen LogP contribution in [0.15, 0.2) is 36.0 Å². The predicted octanol–water partition coefficient (Wildman–Crippen LogP) is 1.46. The second-order valence-electron chi connectivity index (χ2n) is 3.68. The molecule has 78 valence electrons. The number of carbonyl (C=O) groups excluding carboxylic acids is 1. The van der Waals surface area contributed by atoms with Crippen LogP contribution in [0, 0.1) is 0 Å². The van der Waals surface area contributed by atoms with Crippen molar-refractivity contribution >= 4 is 5.91 Å². The van der Waals surface area contributed by atoms with Gasteiger partial charge < -0.3 is 5.32 Å². The van der Waals surface area contributed by atoms with E-state index in [1.165, 1.54) is 5.57 Å². The highest BCUT2D eigenvalue weighted by Gasteiger charge is 2.09. The Hall–Kier alpha value is -1.64. The number of nitrogens with zero attached hydrogens (tertiary/aromatic N) is 1. The molecule has 0 aromatic carbocycles. The molecule has 1 amide bonds. The molecule has 0 fully saturated rings. The van der Waals surface area contributed by atoms with Crippen molar-refractivity contribution in [2.24, 2.45) is 0 Å². The van der Waals surface area contributed by atoms with Crippen LogP contribution in [0.25, 0.3) is 0 Å². The lowest BCUT2D eigenvalue weighted by Crippen LogP contribution is -2.22. The van der Waals surface area contributed by atoms with E-state index in [0.717, 1.165) is 25.1 Å². The van der Waals surface area contributed by atoms with E-state index in [1.807, 2.05) is 18.2 Å². The van der Waals surface area contributed by atoms with Crippen molar-refractivity contribution < 1.29 is 4.79 Å². The van der Waals surface area contributed by atoms with E-state index in [0.29, 0.717) is 6.42 Å². The van der Waals surface area contributed by atoms with Gasteiger partial charge in [0.15, 0.2) is 0 Å². The Labute approximate surface area is 89.2 Å². The third-order valence-electron chi connectivity index (χ3n) is 2.42. The molecule has 2 rings (SSSR count). The molecule has 0 aliphatic carbocycles. The molecular formula is C12H14N2O. The quantitative estimate of drug-likeness (QED) is 0.738. The molecule has 3 heteroatoms. The summed E-state index contributed by atoms with van der Waals surface area (Å²) in [5, 5.41) is 2.85.